The number of halogens is 2. The Morgan fingerprint density at radius 1 is 1.25 bits per heavy atom. The molecule has 1 atom stereocenters. The zero-order chi connectivity index (χ0) is 14.1. The van der Waals surface area contributed by atoms with Gasteiger partial charge in [-0.1, -0.05) is 35.3 Å². The first kappa shape index (κ1) is 13.4. The fraction of sp³-hybridized carbons (Fsp3) is 0.200. The number of methoxy groups -OCH3 is 1. The molecule has 2 aromatic rings. The van der Waals surface area contributed by atoms with Crippen LogP contribution < -0.4 is 14.8 Å². The molecular weight excluding hydrogens is 297 g/mol. The van der Waals surface area contributed by atoms with Crippen LogP contribution in [0.3, 0.4) is 0 Å². The maximum Gasteiger partial charge on any atom is 0.162 e. The Morgan fingerprint density at radius 3 is 2.90 bits per heavy atom. The van der Waals surface area contributed by atoms with E-state index in [9.17, 15) is 0 Å². The second-order valence-corrected chi connectivity index (χ2v) is 5.37. The number of hydrogen-bond donors (Lipinski definition) is 1. The fourth-order valence-corrected chi connectivity index (χ4v) is 2.76. The van der Waals surface area contributed by atoms with Crippen LogP contribution in [0.5, 0.6) is 11.5 Å². The molecule has 3 rings (SSSR count). The second-order valence-electron chi connectivity index (χ2n) is 4.53. The summed E-state index contributed by atoms with van der Waals surface area (Å²) in [6.45, 7) is 0.650. The minimum atomic E-state index is -0.115. The maximum atomic E-state index is 6.18. The van der Waals surface area contributed by atoms with Crippen LogP contribution in [0.1, 0.15) is 11.7 Å². The third kappa shape index (κ3) is 2.51. The summed E-state index contributed by atoms with van der Waals surface area (Å²) >= 11 is 12.2. The summed E-state index contributed by atoms with van der Waals surface area (Å²) in [5, 5.41) is 4.39. The van der Waals surface area contributed by atoms with Crippen molar-refractivity contribution >= 4 is 28.9 Å². The third-order valence-electron chi connectivity index (χ3n) is 3.21. The van der Waals surface area contributed by atoms with E-state index >= 15 is 0 Å². The topological polar surface area (TPSA) is 30.5 Å². The molecule has 0 saturated heterocycles. The van der Waals surface area contributed by atoms with Crippen molar-refractivity contribution < 1.29 is 9.47 Å². The standard InChI is InChI=1S/C15H13Cl2NO2/c1-19-11-4-2-3-9(5-11)14-8-18-13-7-10(16)6-12(17)15(13)20-14/h2-7,14,18H,8H2,1H3. The Kier molecular flexibility index (Phi) is 3.64. The van der Waals surface area contributed by atoms with Crippen LogP contribution in [-0.4, -0.2) is 13.7 Å². The highest BCUT2D eigenvalue weighted by Crippen LogP contribution is 2.42. The van der Waals surface area contributed by atoms with Crippen molar-refractivity contribution in [2.45, 2.75) is 6.10 Å². The lowest BCUT2D eigenvalue weighted by molar-refractivity contribution is 0.210. The van der Waals surface area contributed by atoms with Crippen molar-refractivity contribution in [1.82, 2.24) is 0 Å². The summed E-state index contributed by atoms with van der Waals surface area (Å²) in [6.07, 6.45) is -0.115. The van der Waals surface area contributed by atoms with Gasteiger partial charge in [-0.05, 0) is 29.8 Å². The molecular formula is C15H13Cl2NO2. The van der Waals surface area contributed by atoms with Gasteiger partial charge >= 0.3 is 0 Å². The normalized spacial score (nSPS) is 16.9. The molecule has 1 aliphatic heterocycles. The molecule has 0 amide bonds. The SMILES string of the molecule is COc1cccc(C2CNc3cc(Cl)cc(Cl)c3O2)c1. The number of fused-ring (bicyclic) bond motifs is 1. The van der Waals surface area contributed by atoms with E-state index in [1.165, 1.54) is 0 Å². The van der Waals surface area contributed by atoms with Crippen LogP contribution >= 0.6 is 23.2 Å². The molecule has 0 fully saturated rings. The summed E-state index contributed by atoms with van der Waals surface area (Å²) in [7, 11) is 1.65. The molecule has 1 unspecified atom stereocenters. The van der Waals surface area contributed by atoms with Gasteiger partial charge in [0.05, 0.1) is 24.4 Å². The molecule has 5 heteroatoms. The Labute approximate surface area is 127 Å². The molecule has 0 radical (unpaired) electrons. The van der Waals surface area contributed by atoms with Gasteiger partial charge in [-0.2, -0.15) is 0 Å². The smallest absolute Gasteiger partial charge is 0.162 e. The van der Waals surface area contributed by atoms with Crippen LogP contribution in [0.25, 0.3) is 0 Å². The summed E-state index contributed by atoms with van der Waals surface area (Å²) in [4.78, 5) is 0. The number of nitrogens with one attached hydrogen (secondary N) is 1. The van der Waals surface area contributed by atoms with Crippen LogP contribution in [0.2, 0.25) is 10.0 Å². The van der Waals surface area contributed by atoms with Crippen molar-refractivity contribution in [3.05, 3.63) is 52.0 Å². The van der Waals surface area contributed by atoms with E-state index in [-0.39, 0.29) is 6.10 Å². The van der Waals surface area contributed by atoms with Gasteiger partial charge < -0.3 is 14.8 Å². The Hall–Kier alpha value is -1.58. The van der Waals surface area contributed by atoms with Crippen molar-refractivity contribution in [1.29, 1.82) is 0 Å². The van der Waals surface area contributed by atoms with Crippen LogP contribution in [0.15, 0.2) is 36.4 Å². The highest BCUT2D eigenvalue weighted by Gasteiger charge is 2.23. The molecule has 1 heterocycles. The lowest BCUT2D eigenvalue weighted by Crippen LogP contribution is -2.23. The average Bonchev–Trinajstić information content (AvgIpc) is 2.47. The Morgan fingerprint density at radius 2 is 2.10 bits per heavy atom. The lowest BCUT2D eigenvalue weighted by Gasteiger charge is -2.28. The number of rotatable bonds is 2. The molecule has 0 aliphatic carbocycles. The number of benzene rings is 2. The van der Waals surface area contributed by atoms with E-state index in [1.54, 1.807) is 13.2 Å². The van der Waals surface area contributed by atoms with Gasteiger partial charge in [-0.25, -0.2) is 0 Å². The van der Waals surface area contributed by atoms with Crippen LogP contribution in [0.4, 0.5) is 5.69 Å². The largest absolute Gasteiger partial charge is 0.497 e. The van der Waals surface area contributed by atoms with E-state index in [1.807, 2.05) is 30.3 Å². The van der Waals surface area contributed by atoms with Gasteiger partial charge in [0.25, 0.3) is 0 Å². The summed E-state index contributed by atoms with van der Waals surface area (Å²) in [5.41, 5.74) is 1.86. The molecule has 0 aromatic heterocycles. The zero-order valence-electron chi connectivity index (χ0n) is 10.8. The van der Waals surface area contributed by atoms with Gasteiger partial charge in [0.1, 0.15) is 11.9 Å². The minimum Gasteiger partial charge on any atom is -0.497 e. The first-order valence-electron chi connectivity index (χ1n) is 6.21. The van der Waals surface area contributed by atoms with Crippen LogP contribution in [0, 0.1) is 0 Å². The molecule has 20 heavy (non-hydrogen) atoms. The predicted molar refractivity (Wildman–Crippen MR) is 81.3 cm³/mol. The quantitative estimate of drug-likeness (QED) is 0.883. The molecule has 104 valence electrons. The van der Waals surface area contributed by atoms with E-state index in [0.717, 1.165) is 17.0 Å². The van der Waals surface area contributed by atoms with Crippen molar-refractivity contribution in [3.8, 4) is 11.5 Å². The second kappa shape index (κ2) is 5.43. The van der Waals surface area contributed by atoms with E-state index < -0.39 is 0 Å². The van der Waals surface area contributed by atoms with Crippen molar-refractivity contribution in [2.24, 2.45) is 0 Å². The van der Waals surface area contributed by atoms with Crippen molar-refractivity contribution in [2.75, 3.05) is 19.0 Å². The van der Waals surface area contributed by atoms with Crippen LogP contribution in [-0.2, 0) is 0 Å². The van der Waals surface area contributed by atoms with Gasteiger partial charge in [-0.3, -0.25) is 0 Å². The summed E-state index contributed by atoms with van der Waals surface area (Å²) in [5.74, 6) is 1.44. The van der Waals surface area contributed by atoms with Gasteiger partial charge in [0, 0.05) is 5.02 Å². The first-order valence-corrected chi connectivity index (χ1v) is 6.96. The molecule has 1 N–H and O–H groups in total. The minimum absolute atomic E-state index is 0.115. The van der Waals surface area contributed by atoms with E-state index in [2.05, 4.69) is 5.32 Å². The fourth-order valence-electron chi connectivity index (χ4n) is 2.23. The zero-order valence-corrected chi connectivity index (χ0v) is 12.3. The lowest BCUT2D eigenvalue weighted by atomic mass is 10.1. The molecule has 3 nitrogen and oxygen atoms in total. The number of hydrogen-bond acceptors (Lipinski definition) is 3. The molecule has 0 bridgehead atoms. The van der Waals surface area contributed by atoms with E-state index in [0.29, 0.717) is 22.3 Å². The molecule has 1 aliphatic rings. The maximum absolute atomic E-state index is 6.18. The highest BCUT2D eigenvalue weighted by molar-refractivity contribution is 6.36. The molecule has 2 aromatic carbocycles. The predicted octanol–water partition coefficient (Wildman–Crippen LogP) is 4.55. The highest BCUT2D eigenvalue weighted by atomic mass is 35.5. The van der Waals surface area contributed by atoms with Gasteiger partial charge in [0.15, 0.2) is 5.75 Å². The summed E-state index contributed by atoms with van der Waals surface area (Å²) < 4.78 is 11.2. The Bertz CT molecular complexity index is 646. The number of ether oxygens (including phenoxy) is 2. The summed E-state index contributed by atoms with van der Waals surface area (Å²) in [6, 6.07) is 11.3. The van der Waals surface area contributed by atoms with Gasteiger partial charge in [-0.15, -0.1) is 0 Å². The van der Waals surface area contributed by atoms with Crippen molar-refractivity contribution in [3.63, 3.8) is 0 Å². The van der Waals surface area contributed by atoms with Gasteiger partial charge in [0.2, 0.25) is 0 Å². The first-order chi connectivity index (χ1) is 9.67. The number of anilines is 1. The monoisotopic (exact) mass is 309 g/mol. The third-order valence-corrected chi connectivity index (χ3v) is 3.71. The molecule has 0 saturated carbocycles. The average molecular weight is 310 g/mol. The van der Waals surface area contributed by atoms with E-state index in [4.69, 9.17) is 32.7 Å². The Balaban J connectivity index is 1.91. The molecule has 0 spiro atoms.